The van der Waals surface area contributed by atoms with Gasteiger partial charge in [-0.2, -0.15) is 5.26 Å². The molecule has 1 fully saturated rings. The first-order valence-corrected chi connectivity index (χ1v) is 6.77. The minimum absolute atomic E-state index is 0.227. The zero-order valence-electron chi connectivity index (χ0n) is 8.44. The highest BCUT2D eigenvalue weighted by Crippen LogP contribution is 2.16. The number of piperidine rings is 1. The van der Waals surface area contributed by atoms with Crippen LogP contribution in [-0.4, -0.2) is 44.5 Å². The summed E-state index contributed by atoms with van der Waals surface area (Å²) in [4.78, 5) is 2.07. The highest BCUT2D eigenvalue weighted by Gasteiger charge is 2.26. The van der Waals surface area contributed by atoms with Crippen molar-refractivity contribution in [2.75, 3.05) is 25.9 Å². The average molecular weight is 216 g/mol. The zero-order chi connectivity index (χ0) is 10.6. The van der Waals surface area contributed by atoms with Crippen molar-refractivity contribution in [3.8, 4) is 6.07 Å². The van der Waals surface area contributed by atoms with Gasteiger partial charge >= 0.3 is 0 Å². The normalized spacial score (nSPS) is 24.4. The summed E-state index contributed by atoms with van der Waals surface area (Å²) < 4.78 is 22.6. The van der Waals surface area contributed by atoms with Gasteiger partial charge in [-0.3, -0.25) is 0 Å². The highest BCUT2D eigenvalue weighted by atomic mass is 32.2. The molecule has 0 aromatic carbocycles. The molecule has 1 aliphatic heterocycles. The first-order chi connectivity index (χ1) is 6.54. The lowest BCUT2D eigenvalue weighted by molar-refractivity contribution is 0.235. The van der Waals surface area contributed by atoms with E-state index in [1.54, 1.807) is 0 Å². The molecule has 1 aliphatic rings. The molecule has 1 rings (SSSR count). The molecule has 1 atom stereocenters. The minimum atomic E-state index is -2.91. The van der Waals surface area contributed by atoms with Gasteiger partial charge in [0, 0.05) is 25.8 Å². The van der Waals surface area contributed by atoms with Crippen LogP contribution in [0.5, 0.6) is 0 Å². The first kappa shape index (κ1) is 11.5. The molecular weight excluding hydrogens is 200 g/mol. The van der Waals surface area contributed by atoms with Gasteiger partial charge in [-0.1, -0.05) is 0 Å². The molecule has 1 unspecified atom stereocenters. The Morgan fingerprint density at radius 2 is 2.29 bits per heavy atom. The molecule has 4 nitrogen and oxygen atoms in total. The molecule has 14 heavy (non-hydrogen) atoms. The van der Waals surface area contributed by atoms with E-state index >= 15 is 0 Å². The maximum atomic E-state index is 11.3. The number of sulfone groups is 1. The van der Waals surface area contributed by atoms with E-state index in [-0.39, 0.29) is 5.25 Å². The SMILES string of the molecule is CS(=O)(=O)C1CCCN(CCC#N)C1. The van der Waals surface area contributed by atoms with Gasteiger partial charge in [0.15, 0.2) is 9.84 Å². The van der Waals surface area contributed by atoms with Crippen molar-refractivity contribution in [3.05, 3.63) is 0 Å². The van der Waals surface area contributed by atoms with Crippen LogP contribution in [-0.2, 0) is 9.84 Å². The van der Waals surface area contributed by atoms with E-state index in [9.17, 15) is 8.42 Å². The molecule has 1 saturated heterocycles. The summed E-state index contributed by atoms with van der Waals surface area (Å²) in [5.41, 5.74) is 0. The van der Waals surface area contributed by atoms with Crippen LogP contribution in [0.3, 0.4) is 0 Å². The molecule has 0 saturated carbocycles. The molecule has 0 aromatic heterocycles. The van der Waals surface area contributed by atoms with Crippen molar-refractivity contribution in [2.24, 2.45) is 0 Å². The molecule has 0 bridgehead atoms. The van der Waals surface area contributed by atoms with Gasteiger partial charge in [0.05, 0.1) is 11.3 Å². The summed E-state index contributed by atoms with van der Waals surface area (Å²) in [5, 5.41) is 8.20. The molecule has 1 heterocycles. The fraction of sp³-hybridized carbons (Fsp3) is 0.889. The van der Waals surface area contributed by atoms with Crippen LogP contribution >= 0.6 is 0 Å². The maximum Gasteiger partial charge on any atom is 0.151 e. The lowest BCUT2D eigenvalue weighted by Gasteiger charge is -2.30. The third kappa shape index (κ3) is 3.28. The van der Waals surface area contributed by atoms with Gasteiger partial charge in [0.1, 0.15) is 0 Å². The summed E-state index contributed by atoms with van der Waals surface area (Å²) in [5.74, 6) is 0. The van der Waals surface area contributed by atoms with Gasteiger partial charge in [0.2, 0.25) is 0 Å². The summed E-state index contributed by atoms with van der Waals surface area (Å²) in [6.45, 7) is 2.22. The second-order valence-corrected chi connectivity index (χ2v) is 6.13. The fourth-order valence-corrected chi connectivity index (χ4v) is 2.85. The number of nitrogens with zero attached hydrogens (tertiary/aromatic N) is 2. The van der Waals surface area contributed by atoms with E-state index in [4.69, 9.17) is 5.26 Å². The summed E-state index contributed by atoms with van der Waals surface area (Å²) >= 11 is 0. The summed E-state index contributed by atoms with van der Waals surface area (Å²) in [6.07, 6.45) is 3.47. The Labute approximate surface area is 85.4 Å². The smallest absolute Gasteiger partial charge is 0.151 e. The molecule has 0 amide bonds. The summed E-state index contributed by atoms with van der Waals surface area (Å²) in [6, 6.07) is 2.08. The Kier molecular flexibility index (Phi) is 3.90. The van der Waals surface area contributed by atoms with Gasteiger partial charge in [-0.05, 0) is 19.4 Å². The Bertz CT molecular complexity index is 318. The highest BCUT2D eigenvalue weighted by molar-refractivity contribution is 7.91. The van der Waals surface area contributed by atoms with Crippen molar-refractivity contribution in [3.63, 3.8) is 0 Å². The summed E-state index contributed by atoms with van der Waals surface area (Å²) in [7, 11) is -2.91. The average Bonchev–Trinajstić information content (AvgIpc) is 2.14. The van der Waals surface area contributed by atoms with E-state index in [0.29, 0.717) is 19.5 Å². The number of hydrogen-bond acceptors (Lipinski definition) is 4. The van der Waals surface area contributed by atoms with Gasteiger partial charge in [0.25, 0.3) is 0 Å². The molecule has 0 radical (unpaired) electrons. The predicted octanol–water partition coefficient (Wildman–Crippen LogP) is 0.409. The third-order valence-electron chi connectivity index (χ3n) is 2.61. The second kappa shape index (κ2) is 4.76. The first-order valence-electron chi connectivity index (χ1n) is 4.82. The Morgan fingerprint density at radius 1 is 1.57 bits per heavy atom. The topological polar surface area (TPSA) is 61.2 Å². The molecular formula is C9H16N2O2S. The van der Waals surface area contributed by atoms with E-state index in [1.165, 1.54) is 6.26 Å². The minimum Gasteiger partial charge on any atom is -0.301 e. The van der Waals surface area contributed by atoms with Crippen molar-refractivity contribution in [1.82, 2.24) is 4.90 Å². The standard InChI is InChI=1S/C9H16N2O2S/c1-14(12,13)9-4-2-6-11(8-9)7-3-5-10/h9H,2-4,6-8H2,1H3. The number of hydrogen-bond donors (Lipinski definition) is 0. The third-order valence-corrected chi connectivity index (χ3v) is 4.20. The molecule has 0 aromatic rings. The maximum absolute atomic E-state index is 11.3. The molecule has 0 aliphatic carbocycles. The van der Waals surface area contributed by atoms with Gasteiger partial charge in [-0.25, -0.2) is 8.42 Å². The lowest BCUT2D eigenvalue weighted by Crippen LogP contribution is -2.42. The molecule has 0 spiro atoms. The molecule has 5 heteroatoms. The van der Waals surface area contributed by atoms with Crippen molar-refractivity contribution >= 4 is 9.84 Å². The van der Waals surface area contributed by atoms with E-state index in [1.807, 2.05) is 0 Å². The van der Waals surface area contributed by atoms with Crippen molar-refractivity contribution in [1.29, 1.82) is 5.26 Å². The molecule has 0 N–H and O–H groups in total. The molecule has 80 valence electrons. The van der Waals surface area contributed by atoms with Crippen LogP contribution in [0, 0.1) is 11.3 Å². The van der Waals surface area contributed by atoms with E-state index in [0.717, 1.165) is 19.4 Å². The lowest BCUT2D eigenvalue weighted by atomic mass is 10.1. The number of rotatable bonds is 3. The zero-order valence-corrected chi connectivity index (χ0v) is 9.26. The van der Waals surface area contributed by atoms with E-state index in [2.05, 4.69) is 11.0 Å². The van der Waals surface area contributed by atoms with Crippen LogP contribution < -0.4 is 0 Å². The number of nitriles is 1. The Morgan fingerprint density at radius 3 is 2.86 bits per heavy atom. The number of likely N-dealkylation sites (tertiary alicyclic amines) is 1. The van der Waals surface area contributed by atoms with Crippen LogP contribution in [0.15, 0.2) is 0 Å². The van der Waals surface area contributed by atoms with E-state index < -0.39 is 9.84 Å². The van der Waals surface area contributed by atoms with Crippen LogP contribution in [0.25, 0.3) is 0 Å². The van der Waals surface area contributed by atoms with Crippen molar-refractivity contribution < 1.29 is 8.42 Å². The quantitative estimate of drug-likeness (QED) is 0.685. The second-order valence-electron chi connectivity index (χ2n) is 3.80. The Hall–Kier alpha value is -0.600. The largest absolute Gasteiger partial charge is 0.301 e. The monoisotopic (exact) mass is 216 g/mol. The van der Waals surface area contributed by atoms with Gasteiger partial charge in [-0.15, -0.1) is 0 Å². The fourth-order valence-electron chi connectivity index (χ4n) is 1.77. The van der Waals surface area contributed by atoms with Crippen molar-refractivity contribution in [2.45, 2.75) is 24.5 Å². The predicted molar refractivity (Wildman–Crippen MR) is 54.5 cm³/mol. The van der Waals surface area contributed by atoms with Crippen LogP contribution in [0.2, 0.25) is 0 Å². The van der Waals surface area contributed by atoms with Crippen LogP contribution in [0.4, 0.5) is 0 Å². The van der Waals surface area contributed by atoms with Crippen LogP contribution in [0.1, 0.15) is 19.3 Å². The van der Waals surface area contributed by atoms with Gasteiger partial charge < -0.3 is 4.90 Å². The Balaban J connectivity index is 2.49.